The Balaban J connectivity index is 2.21. The Morgan fingerprint density at radius 3 is 2.62 bits per heavy atom. The van der Waals surface area contributed by atoms with E-state index >= 15 is 0 Å². The Hall–Kier alpha value is -1.23. The van der Waals surface area contributed by atoms with Crippen LogP contribution in [0.1, 0.15) is 17.2 Å². The van der Waals surface area contributed by atoms with E-state index in [1.807, 2.05) is 25.4 Å². The quantitative estimate of drug-likeness (QED) is 0.657. The van der Waals surface area contributed by atoms with Gasteiger partial charge in [-0.2, -0.15) is 0 Å². The summed E-state index contributed by atoms with van der Waals surface area (Å²) >= 11 is 7.20. The van der Waals surface area contributed by atoms with E-state index in [-0.39, 0.29) is 6.04 Å². The molecule has 1 aromatic heterocycles. The maximum Gasteiger partial charge on any atom is 0.0753 e. The van der Waals surface area contributed by atoms with E-state index in [1.54, 1.807) is 0 Å². The summed E-state index contributed by atoms with van der Waals surface area (Å²) in [6, 6.07) is 16.7. The Morgan fingerprint density at radius 1 is 1.00 bits per heavy atom. The number of halogens is 2. The zero-order valence-electron chi connectivity index (χ0n) is 11.5. The summed E-state index contributed by atoms with van der Waals surface area (Å²) in [7, 11) is 1.97. The molecule has 0 saturated carbocycles. The van der Waals surface area contributed by atoms with Gasteiger partial charge in [-0.3, -0.25) is 4.98 Å². The molecule has 0 amide bonds. The van der Waals surface area contributed by atoms with Crippen LogP contribution in [0.5, 0.6) is 0 Å². The van der Waals surface area contributed by atoms with Crippen LogP contribution >= 0.6 is 31.9 Å². The number of benzene rings is 2. The molecule has 3 aromatic rings. The Labute approximate surface area is 140 Å². The van der Waals surface area contributed by atoms with Crippen molar-refractivity contribution in [1.29, 1.82) is 0 Å². The van der Waals surface area contributed by atoms with Crippen molar-refractivity contribution in [3.8, 4) is 0 Å². The summed E-state index contributed by atoms with van der Waals surface area (Å²) in [6.07, 6.45) is 1.84. The van der Waals surface area contributed by atoms with Crippen LogP contribution in [0.3, 0.4) is 0 Å². The molecule has 1 atom stereocenters. The van der Waals surface area contributed by atoms with E-state index in [0.29, 0.717) is 0 Å². The molecular weight excluding hydrogens is 392 g/mol. The second-order valence-corrected chi connectivity index (χ2v) is 6.58. The molecule has 106 valence electrons. The topological polar surface area (TPSA) is 24.9 Å². The van der Waals surface area contributed by atoms with Gasteiger partial charge >= 0.3 is 0 Å². The second-order valence-electron chi connectivity index (χ2n) is 4.81. The predicted octanol–water partition coefficient (Wildman–Crippen LogP) is 5.07. The van der Waals surface area contributed by atoms with Gasteiger partial charge in [0, 0.05) is 20.5 Å². The van der Waals surface area contributed by atoms with Crippen LogP contribution in [0.4, 0.5) is 0 Å². The minimum Gasteiger partial charge on any atom is -0.309 e. The average molecular weight is 406 g/mol. The summed E-state index contributed by atoms with van der Waals surface area (Å²) in [6.45, 7) is 0. The highest BCUT2D eigenvalue weighted by Crippen LogP contribution is 2.33. The molecule has 0 aliphatic carbocycles. The third-order valence-corrected chi connectivity index (χ3v) is 4.75. The van der Waals surface area contributed by atoms with Gasteiger partial charge in [0.15, 0.2) is 0 Å². The van der Waals surface area contributed by atoms with Gasteiger partial charge < -0.3 is 5.32 Å². The van der Waals surface area contributed by atoms with Gasteiger partial charge in [-0.1, -0.05) is 56.1 Å². The number of rotatable bonds is 3. The number of pyridine rings is 1. The van der Waals surface area contributed by atoms with E-state index in [1.165, 1.54) is 11.1 Å². The van der Waals surface area contributed by atoms with E-state index in [0.717, 1.165) is 19.8 Å². The molecule has 2 aromatic carbocycles. The lowest BCUT2D eigenvalue weighted by Gasteiger charge is -2.20. The van der Waals surface area contributed by atoms with Crippen molar-refractivity contribution in [3.63, 3.8) is 0 Å². The first kappa shape index (κ1) is 14.7. The third kappa shape index (κ3) is 2.89. The van der Waals surface area contributed by atoms with E-state index in [4.69, 9.17) is 0 Å². The van der Waals surface area contributed by atoms with Gasteiger partial charge in [0.2, 0.25) is 0 Å². The number of fused-ring (bicyclic) bond motifs is 1. The fourth-order valence-electron chi connectivity index (χ4n) is 2.58. The average Bonchev–Trinajstić information content (AvgIpc) is 2.51. The number of aromatic nitrogens is 1. The maximum absolute atomic E-state index is 4.56. The van der Waals surface area contributed by atoms with Crippen LogP contribution < -0.4 is 5.32 Å². The Morgan fingerprint density at radius 2 is 1.81 bits per heavy atom. The van der Waals surface area contributed by atoms with E-state index in [9.17, 15) is 0 Å². The van der Waals surface area contributed by atoms with Crippen molar-refractivity contribution >= 4 is 42.8 Å². The molecule has 1 unspecified atom stereocenters. The molecule has 1 N–H and O–H groups in total. The smallest absolute Gasteiger partial charge is 0.0753 e. The van der Waals surface area contributed by atoms with Gasteiger partial charge in [0.1, 0.15) is 0 Å². The lowest BCUT2D eigenvalue weighted by Crippen LogP contribution is -2.18. The van der Waals surface area contributed by atoms with Crippen molar-refractivity contribution in [2.75, 3.05) is 7.05 Å². The summed E-state index contributed by atoms with van der Waals surface area (Å²) < 4.78 is 2.15. The van der Waals surface area contributed by atoms with Crippen LogP contribution in [0, 0.1) is 0 Å². The number of hydrogen-bond donors (Lipinski definition) is 1. The van der Waals surface area contributed by atoms with Crippen LogP contribution in [0.25, 0.3) is 10.9 Å². The molecular formula is C17H14Br2N2. The monoisotopic (exact) mass is 404 g/mol. The number of nitrogens with zero attached hydrogens (tertiary/aromatic N) is 1. The lowest BCUT2D eigenvalue weighted by atomic mass is 9.96. The van der Waals surface area contributed by atoms with Crippen molar-refractivity contribution in [1.82, 2.24) is 10.3 Å². The molecule has 0 bridgehead atoms. The van der Waals surface area contributed by atoms with Crippen LogP contribution in [-0.2, 0) is 0 Å². The highest BCUT2D eigenvalue weighted by atomic mass is 79.9. The lowest BCUT2D eigenvalue weighted by molar-refractivity contribution is 0.692. The maximum atomic E-state index is 4.56. The second kappa shape index (κ2) is 6.26. The van der Waals surface area contributed by atoms with Crippen LogP contribution in [-0.4, -0.2) is 12.0 Å². The Kier molecular flexibility index (Phi) is 4.38. The predicted molar refractivity (Wildman–Crippen MR) is 94.5 cm³/mol. The Bertz CT molecular complexity index is 781. The molecule has 1 heterocycles. The molecule has 0 saturated heterocycles. The molecule has 4 heteroatoms. The minimum absolute atomic E-state index is 0.0791. The van der Waals surface area contributed by atoms with Crippen LogP contribution in [0.15, 0.2) is 63.7 Å². The molecule has 0 aliphatic rings. The largest absolute Gasteiger partial charge is 0.309 e. The first-order valence-electron chi connectivity index (χ1n) is 6.66. The summed E-state index contributed by atoms with van der Waals surface area (Å²) in [5, 5.41) is 4.56. The van der Waals surface area contributed by atoms with Crippen molar-refractivity contribution < 1.29 is 0 Å². The zero-order valence-corrected chi connectivity index (χ0v) is 14.6. The molecule has 0 radical (unpaired) electrons. The standard InChI is InChI=1S/C17H14Br2N2/c1-20-17(14-10-12(18)7-8-15(14)19)13-6-2-4-11-5-3-9-21-16(11)13/h2-10,17,20H,1H3. The molecule has 21 heavy (non-hydrogen) atoms. The summed E-state index contributed by atoms with van der Waals surface area (Å²) in [4.78, 5) is 4.56. The van der Waals surface area contributed by atoms with Gasteiger partial charge in [-0.15, -0.1) is 0 Å². The molecule has 0 fully saturated rings. The molecule has 2 nitrogen and oxygen atoms in total. The first-order valence-corrected chi connectivity index (χ1v) is 8.25. The van der Waals surface area contributed by atoms with E-state index < -0.39 is 0 Å². The summed E-state index contributed by atoms with van der Waals surface area (Å²) in [5.41, 5.74) is 3.39. The van der Waals surface area contributed by atoms with Gasteiger partial charge in [0.25, 0.3) is 0 Å². The van der Waals surface area contributed by atoms with Crippen LogP contribution in [0.2, 0.25) is 0 Å². The third-order valence-electron chi connectivity index (χ3n) is 3.53. The van der Waals surface area contributed by atoms with Gasteiger partial charge in [0.05, 0.1) is 11.6 Å². The number of hydrogen-bond acceptors (Lipinski definition) is 2. The minimum atomic E-state index is 0.0791. The molecule has 0 aliphatic heterocycles. The summed E-state index contributed by atoms with van der Waals surface area (Å²) in [5.74, 6) is 0. The fourth-order valence-corrected chi connectivity index (χ4v) is 3.43. The van der Waals surface area contributed by atoms with Crippen molar-refractivity contribution in [3.05, 3.63) is 74.8 Å². The molecule has 3 rings (SSSR count). The van der Waals surface area contributed by atoms with E-state index in [2.05, 4.69) is 78.6 Å². The van der Waals surface area contributed by atoms with Gasteiger partial charge in [-0.25, -0.2) is 0 Å². The van der Waals surface area contributed by atoms with Crippen molar-refractivity contribution in [2.45, 2.75) is 6.04 Å². The SMILES string of the molecule is CNC(c1cc(Br)ccc1Br)c1cccc2cccnc12. The zero-order chi connectivity index (χ0) is 14.8. The highest BCUT2D eigenvalue weighted by Gasteiger charge is 2.18. The fraction of sp³-hybridized carbons (Fsp3) is 0.118. The molecule has 0 spiro atoms. The normalized spacial score (nSPS) is 12.5. The van der Waals surface area contributed by atoms with Gasteiger partial charge in [-0.05, 0) is 42.4 Å². The first-order chi connectivity index (χ1) is 10.2. The highest BCUT2D eigenvalue weighted by molar-refractivity contribution is 9.11. The number of nitrogens with one attached hydrogen (secondary N) is 1. The number of para-hydroxylation sites is 1. The van der Waals surface area contributed by atoms with Crippen molar-refractivity contribution in [2.24, 2.45) is 0 Å².